The third-order valence-corrected chi connectivity index (χ3v) is 5.15. The fourth-order valence-corrected chi connectivity index (χ4v) is 3.45. The predicted molar refractivity (Wildman–Crippen MR) is 141 cm³/mol. The van der Waals surface area contributed by atoms with Crippen LogP contribution in [0.25, 0.3) is 33.4 Å². The smallest absolute Gasteiger partial charge is 0.300 e. The first-order valence-corrected chi connectivity index (χ1v) is 12.0. The number of Topliss-reactive ketones (excluding diaryl/α,β-unsaturated/α-hetero) is 2. The van der Waals surface area contributed by atoms with Crippen molar-refractivity contribution in [1.29, 1.82) is 0 Å². The number of halogens is 4. The van der Waals surface area contributed by atoms with Crippen molar-refractivity contribution in [3.63, 3.8) is 0 Å². The standard InChI is InChI=1S/2C12H6F2N3.C5H8O2.Ir/c2*13-8-5-6-12(9(14)7-8)17-15-10-3-1-2-4-11(10)16-17;1-4(6)3-5(2)7;/h2*1-5,7H;3H2,1-2H3;/q2*-1;;+3. The SMILES string of the molecule is CC(=O)CC(C)=O.Fc1c[c-]c(-n2nc3ccccc3n2)c(F)c1.Fc1c[c-]c(-n2nc3ccccc3n2)c(F)c1.[Ir+3]. The maximum Gasteiger partial charge on any atom is 3.00 e. The molecule has 2 heterocycles. The molecule has 0 amide bonds. The van der Waals surface area contributed by atoms with Gasteiger partial charge in [0.1, 0.15) is 33.6 Å². The number of benzene rings is 4. The van der Waals surface area contributed by atoms with Crippen LogP contribution in [0, 0.1) is 35.4 Å². The molecular formula is C29H20F4IrN6O2+. The number of rotatable bonds is 4. The monoisotopic (exact) mass is 753 g/mol. The van der Waals surface area contributed by atoms with E-state index in [1.807, 2.05) is 24.3 Å². The third kappa shape index (κ3) is 8.21. The fourth-order valence-electron chi connectivity index (χ4n) is 3.45. The molecular weight excluding hydrogens is 733 g/mol. The Kier molecular flexibility index (Phi) is 10.9. The van der Waals surface area contributed by atoms with E-state index in [2.05, 4.69) is 32.5 Å². The molecule has 0 bridgehead atoms. The van der Waals surface area contributed by atoms with Gasteiger partial charge in [0, 0.05) is 34.6 Å². The third-order valence-electron chi connectivity index (χ3n) is 5.15. The summed E-state index contributed by atoms with van der Waals surface area (Å²) in [4.78, 5) is 22.3. The fraction of sp³-hybridized carbons (Fsp3) is 0.103. The van der Waals surface area contributed by atoms with Crippen molar-refractivity contribution in [2.75, 3.05) is 0 Å². The minimum atomic E-state index is -0.745. The zero-order chi connectivity index (χ0) is 29.5. The summed E-state index contributed by atoms with van der Waals surface area (Å²) in [5.41, 5.74) is 2.58. The Morgan fingerprint density at radius 2 is 0.952 bits per heavy atom. The van der Waals surface area contributed by atoms with Gasteiger partial charge in [-0.3, -0.25) is 27.2 Å². The summed E-state index contributed by atoms with van der Waals surface area (Å²) in [6.07, 6.45) is 0.0833. The molecule has 0 unspecified atom stereocenters. The first-order valence-electron chi connectivity index (χ1n) is 12.0. The molecule has 0 fully saturated rings. The minimum absolute atomic E-state index is 0. The minimum Gasteiger partial charge on any atom is -0.300 e. The second-order valence-electron chi connectivity index (χ2n) is 8.57. The van der Waals surface area contributed by atoms with Crippen molar-refractivity contribution in [2.45, 2.75) is 20.3 Å². The molecule has 0 spiro atoms. The van der Waals surface area contributed by atoms with E-state index >= 15 is 0 Å². The molecule has 0 N–H and O–H groups in total. The van der Waals surface area contributed by atoms with Crippen LogP contribution in [0.4, 0.5) is 17.6 Å². The second kappa shape index (κ2) is 14.3. The second-order valence-corrected chi connectivity index (χ2v) is 8.57. The Bertz CT molecular complexity index is 1660. The molecule has 6 rings (SSSR count). The predicted octanol–water partition coefficient (Wildman–Crippen LogP) is 5.55. The van der Waals surface area contributed by atoms with Gasteiger partial charge in [0.15, 0.2) is 0 Å². The van der Waals surface area contributed by atoms with E-state index in [4.69, 9.17) is 0 Å². The number of ketones is 2. The van der Waals surface area contributed by atoms with Crippen LogP contribution in [0.2, 0.25) is 0 Å². The van der Waals surface area contributed by atoms with E-state index in [0.29, 0.717) is 22.1 Å². The molecule has 0 aliphatic carbocycles. The molecule has 0 atom stereocenters. The quantitative estimate of drug-likeness (QED) is 0.133. The van der Waals surface area contributed by atoms with E-state index in [0.717, 1.165) is 33.9 Å². The van der Waals surface area contributed by atoms with Crippen LogP contribution in [0.15, 0.2) is 72.8 Å². The van der Waals surface area contributed by atoms with Crippen LogP contribution in [0.3, 0.4) is 0 Å². The molecule has 8 nitrogen and oxygen atoms in total. The zero-order valence-corrected chi connectivity index (χ0v) is 24.4. The van der Waals surface area contributed by atoms with Gasteiger partial charge >= 0.3 is 20.1 Å². The molecule has 0 saturated carbocycles. The Morgan fingerprint density at radius 1 is 0.643 bits per heavy atom. The number of carbonyl (C=O) groups excluding carboxylic acids is 2. The Balaban J connectivity index is 0.000000186. The largest absolute Gasteiger partial charge is 3.00 e. The number of fused-ring (bicyclic) bond motifs is 2. The van der Waals surface area contributed by atoms with Crippen LogP contribution >= 0.6 is 0 Å². The topological polar surface area (TPSA) is 95.6 Å². The van der Waals surface area contributed by atoms with Gasteiger partial charge in [-0.15, -0.1) is 36.4 Å². The molecule has 42 heavy (non-hydrogen) atoms. The zero-order valence-electron chi connectivity index (χ0n) is 22.0. The summed E-state index contributed by atoms with van der Waals surface area (Å²) >= 11 is 0. The van der Waals surface area contributed by atoms with Gasteiger partial charge in [-0.2, -0.15) is 30.0 Å². The van der Waals surface area contributed by atoms with E-state index in [9.17, 15) is 27.2 Å². The van der Waals surface area contributed by atoms with Crippen molar-refractivity contribution < 1.29 is 47.3 Å². The number of hydrogen-bond acceptors (Lipinski definition) is 6. The molecule has 0 saturated heterocycles. The average Bonchev–Trinajstić information content (AvgIpc) is 3.53. The van der Waals surface area contributed by atoms with Crippen molar-refractivity contribution >= 4 is 33.6 Å². The molecule has 214 valence electrons. The first kappa shape index (κ1) is 31.9. The van der Waals surface area contributed by atoms with Crippen LogP contribution in [0.5, 0.6) is 0 Å². The summed E-state index contributed by atoms with van der Waals surface area (Å²) in [6.45, 7) is 2.81. The van der Waals surface area contributed by atoms with Crippen LogP contribution in [-0.2, 0) is 29.7 Å². The Labute approximate surface area is 250 Å². The van der Waals surface area contributed by atoms with E-state index in [1.54, 1.807) is 24.3 Å². The van der Waals surface area contributed by atoms with Gasteiger partial charge in [0.2, 0.25) is 0 Å². The van der Waals surface area contributed by atoms with Gasteiger partial charge in [-0.05, 0) is 38.1 Å². The molecule has 13 heteroatoms. The first-order chi connectivity index (χ1) is 19.6. The molecule has 0 aliphatic heterocycles. The van der Waals surface area contributed by atoms with Crippen molar-refractivity contribution in [3.8, 4) is 11.4 Å². The molecule has 2 aromatic heterocycles. The Morgan fingerprint density at radius 3 is 1.19 bits per heavy atom. The summed E-state index contributed by atoms with van der Waals surface area (Å²) in [5.74, 6) is -2.97. The van der Waals surface area contributed by atoms with Crippen molar-refractivity contribution in [3.05, 3.63) is 108 Å². The summed E-state index contributed by atoms with van der Waals surface area (Å²) in [6, 6.07) is 22.9. The molecule has 0 aliphatic rings. The van der Waals surface area contributed by atoms with Crippen molar-refractivity contribution in [2.24, 2.45) is 0 Å². The van der Waals surface area contributed by atoms with Gasteiger partial charge < -0.3 is 0 Å². The van der Waals surface area contributed by atoms with Gasteiger partial charge in [-0.25, -0.2) is 0 Å². The summed E-state index contributed by atoms with van der Waals surface area (Å²) in [5, 5.41) is 16.3. The maximum absolute atomic E-state index is 13.5. The number of carbonyl (C=O) groups is 2. The number of aromatic nitrogens is 6. The maximum atomic E-state index is 13.5. The summed E-state index contributed by atoms with van der Waals surface area (Å²) < 4.78 is 52.5. The average molecular weight is 753 g/mol. The Hall–Kier alpha value is -4.61. The molecule has 0 radical (unpaired) electrons. The van der Waals surface area contributed by atoms with E-state index < -0.39 is 23.3 Å². The van der Waals surface area contributed by atoms with E-state index in [1.165, 1.54) is 13.8 Å². The van der Waals surface area contributed by atoms with Gasteiger partial charge in [-0.1, -0.05) is 24.3 Å². The van der Waals surface area contributed by atoms with Crippen LogP contribution in [-0.4, -0.2) is 41.6 Å². The van der Waals surface area contributed by atoms with Gasteiger partial charge in [0.05, 0.1) is 6.42 Å². The van der Waals surface area contributed by atoms with Gasteiger partial charge in [0.25, 0.3) is 0 Å². The van der Waals surface area contributed by atoms with Crippen LogP contribution < -0.4 is 0 Å². The summed E-state index contributed by atoms with van der Waals surface area (Å²) in [7, 11) is 0. The molecule has 4 aromatic carbocycles. The van der Waals surface area contributed by atoms with E-state index in [-0.39, 0.29) is 49.5 Å². The normalized spacial score (nSPS) is 10.2. The number of hydrogen-bond donors (Lipinski definition) is 0. The molecule has 6 aromatic rings. The van der Waals surface area contributed by atoms with Crippen LogP contribution in [0.1, 0.15) is 20.3 Å². The number of nitrogens with zero attached hydrogens (tertiary/aromatic N) is 6. The van der Waals surface area contributed by atoms with Crippen molar-refractivity contribution in [1.82, 2.24) is 30.0 Å².